The van der Waals surface area contributed by atoms with Gasteiger partial charge >= 0.3 is 0 Å². The SMILES string of the molecule is c1ccc(-c2cccc3cccc(-c4ccccc4N(c4cccc(-c5cccc6c5sc5ccccc56)c4)c4cccc(-c5cccc6sc7ccccc7c56)c4)c23)cc1. The molecule has 0 aliphatic heterocycles. The predicted octanol–water partition coefficient (Wildman–Crippen LogP) is 17.7. The molecule has 10 aromatic carbocycles. The predicted molar refractivity (Wildman–Crippen MR) is 266 cm³/mol. The van der Waals surface area contributed by atoms with Crippen LogP contribution in [0.1, 0.15) is 0 Å². The third kappa shape index (κ3) is 6.04. The Bertz CT molecular complexity index is 3610. The first-order chi connectivity index (χ1) is 30.3. The van der Waals surface area contributed by atoms with Crippen LogP contribution in [0.2, 0.25) is 0 Å². The van der Waals surface area contributed by atoms with Gasteiger partial charge in [-0.15, -0.1) is 22.7 Å². The minimum atomic E-state index is 1.10. The molecule has 0 saturated heterocycles. The van der Waals surface area contributed by atoms with Gasteiger partial charge in [0.2, 0.25) is 0 Å². The average molecular weight is 812 g/mol. The molecule has 2 heterocycles. The molecule has 2 aromatic heterocycles. The lowest BCUT2D eigenvalue weighted by molar-refractivity contribution is 1.28. The fourth-order valence-electron chi connectivity index (χ4n) is 9.36. The highest BCUT2D eigenvalue weighted by atomic mass is 32.1. The first-order valence-electron chi connectivity index (χ1n) is 20.7. The molecule has 0 unspecified atom stereocenters. The Hall–Kier alpha value is -7.30. The molecule has 0 aliphatic rings. The van der Waals surface area contributed by atoms with E-state index in [2.05, 4.69) is 229 Å². The second-order valence-electron chi connectivity index (χ2n) is 15.6. The fourth-order valence-corrected chi connectivity index (χ4v) is 11.7. The van der Waals surface area contributed by atoms with Gasteiger partial charge in [-0.2, -0.15) is 0 Å². The Labute approximate surface area is 362 Å². The number of hydrogen-bond acceptors (Lipinski definition) is 3. The summed E-state index contributed by atoms with van der Waals surface area (Å²) in [5, 5.41) is 7.70. The van der Waals surface area contributed by atoms with Crippen molar-refractivity contribution in [2.24, 2.45) is 0 Å². The monoisotopic (exact) mass is 811 g/mol. The van der Waals surface area contributed by atoms with Gasteiger partial charge in [0, 0.05) is 57.3 Å². The molecule has 0 bridgehead atoms. The maximum absolute atomic E-state index is 2.48. The first kappa shape index (κ1) is 35.6. The number of thiophene rings is 2. The van der Waals surface area contributed by atoms with E-state index in [0.29, 0.717) is 0 Å². The summed E-state index contributed by atoms with van der Waals surface area (Å²) in [4.78, 5) is 2.48. The number of nitrogens with zero attached hydrogens (tertiary/aromatic N) is 1. The van der Waals surface area contributed by atoms with E-state index in [1.807, 2.05) is 22.7 Å². The van der Waals surface area contributed by atoms with E-state index in [9.17, 15) is 0 Å². The summed E-state index contributed by atoms with van der Waals surface area (Å²) < 4.78 is 5.24. The molecule has 0 spiro atoms. The normalized spacial score (nSPS) is 11.6. The van der Waals surface area contributed by atoms with Crippen LogP contribution in [0.25, 0.3) is 95.6 Å². The first-order valence-corrected chi connectivity index (χ1v) is 22.4. The van der Waals surface area contributed by atoms with Gasteiger partial charge < -0.3 is 4.90 Å². The molecule has 12 rings (SSSR count). The molecule has 0 N–H and O–H groups in total. The number of fused-ring (bicyclic) bond motifs is 7. The summed E-state index contributed by atoms with van der Waals surface area (Å²) >= 11 is 3.75. The van der Waals surface area contributed by atoms with E-state index in [4.69, 9.17) is 0 Å². The van der Waals surface area contributed by atoms with Gasteiger partial charge in [0.15, 0.2) is 0 Å². The van der Waals surface area contributed by atoms with Gasteiger partial charge in [-0.3, -0.25) is 0 Å². The maximum Gasteiger partial charge on any atom is 0.0540 e. The smallest absolute Gasteiger partial charge is 0.0540 e. The highest BCUT2D eigenvalue weighted by Crippen LogP contribution is 2.48. The van der Waals surface area contributed by atoms with Crippen LogP contribution in [0, 0.1) is 0 Å². The minimum Gasteiger partial charge on any atom is -0.310 e. The van der Waals surface area contributed by atoms with Crippen LogP contribution in [-0.2, 0) is 0 Å². The largest absolute Gasteiger partial charge is 0.310 e. The van der Waals surface area contributed by atoms with E-state index < -0.39 is 0 Å². The number of anilines is 3. The molecule has 0 atom stereocenters. The molecule has 61 heavy (non-hydrogen) atoms. The molecule has 0 amide bonds. The minimum absolute atomic E-state index is 1.10. The topological polar surface area (TPSA) is 3.24 Å². The standard InChI is InChI=1S/C58H37NS2/c1-2-16-38(17-3-1)44-27-12-18-39-19-13-30-49(56(39)44)47-24-4-7-32-52(47)59(42-22-10-20-40(36-42)45-28-15-35-55-57(45)51-26-6-9-34-54(51)60-55)43-23-11-21-41(37-43)46-29-14-31-50-48-25-5-8-33-53(48)61-58(46)50/h1-37H. The van der Waals surface area contributed by atoms with E-state index in [0.717, 1.165) is 17.1 Å². The van der Waals surface area contributed by atoms with Crippen LogP contribution in [0.5, 0.6) is 0 Å². The maximum atomic E-state index is 2.48. The molecule has 0 fully saturated rings. The zero-order chi connectivity index (χ0) is 40.3. The molecule has 286 valence electrons. The van der Waals surface area contributed by atoms with Gasteiger partial charge in [0.25, 0.3) is 0 Å². The van der Waals surface area contributed by atoms with Gasteiger partial charge in [-0.1, -0.05) is 176 Å². The molecule has 3 heteroatoms. The van der Waals surface area contributed by atoms with Crippen LogP contribution in [0.15, 0.2) is 224 Å². The zero-order valence-electron chi connectivity index (χ0n) is 33.1. The molecule has 12 aromatic rings. The second-order valence-corrected chi connectivity index (χ2v) is 17.7. The zero-order valence-corrected chi connectivity index (χ0v) is 34.8. The number of rotatable bonds is 7. The molecular weight excluding hydrogens is 775 g/mol. The quantitative estimate of drug-likeness (QED) is 0.155. The summed E-state index contributed by atoms with van der Waals surface area (Å²) in [6.45, 7) is 0. The summed E-state index contributed by atoms with van der Waals surface area (Å²) in [5.41, 5.74) is 13.0. The molecular formula is C58H37NS2. The van der Waals surface area contributed by atoms with Gasteiger partial charge in [0.1, 0.15) is 0 Å². The third-order valence-electron chi connectivity index (χ3n) is 12.1. The van der Waals surface area contributed by atoms with Gasteiger partial charge in [-0.25, -0.2) is 0 Å². The van der Waals surface area contributed by atoms with Crippen LogP contribution in [0.3, 0.4) is 0 Å². The summed E-state index contributed by atoms with van der Waals surface area (Å²) in [5.74, 6) is 0. The molecule has 0 aliphatic carbocycles. The third-order valence-corrected chi connectivity index (χ3v) is 14.4. The lowest BCUT2D eigenvalue weighted by atomic mass is 9.90. The van der Waals surface area contributed by atoms with Crippen LogP contribution >= 0.6 is 22.7 Å². The number of para-hydroxylation sites is 1. The summed E-state index contributed by atoms with van der Waals surface area (Å²) in [6, 6.07) is 82.5. The van der Waals surface area contributed by atoms with Crippen molar-refractivity contribution in [2.75, 3.05) is 4.90 Å². The van der Waals surface area contributed by atoms with Crippen LogP contribution in [-0.4, -0.2) is 0 Å². The van der Waals surface area contributed by atoms with E-state index in [-0.39, 0.29) is 0 Å². The highest BCUT2D eigenvalue weighted by Gasteiger charge is 2.22. The number of benzene rings is 10. The Balaban J connectivity index is 1.10. The van der Waals surface area contributed by atoms with E-state index in [1.165, 1.54) is 95.6 Å². The van der Waals surface area contributed by atoms with Crippen molar-refractivity contribution in [3.63, 3.8) is 0 Å². The van der Waals surface area contributed by atoms with E-state index in [1.54, 1.807) is 0 Å². The molecule has 0 radical (unpaired) electrons. The van der Waals surface area contributed by atoms with Crippen molar-refractivity contribution < 1.29 is 0 Å². The highest BCUT2D eigenvalue weighted by molar-refractivity contribution is 7.26. The van der Waals surface area contributed by atoms with E-state index >= 15 is 0 Å². The molecule has 0 saturated carbocycles. The number of hydrogen-bond donors (Lipinski definition) is 0. The summed E-state index contributed by atoms with van der Waals surface area (Å²) in [6.07, 6.45) is 0. The van der Waals surface area contributed by atoms with Crippen molar-refractivity contribution in [2.45, 2.75) is 0 Å². The Morgan fingerprint density at radius 2 is 0.803 bits per heavy atom. The Morgan fingerprint density at radius 3 is 1.59 bits per heavy atom. The lowest BCUT2D eigenvalue weighted by Crippen LogP contribution is -2.11. The van der Waals surface area contributed by atoms with Crippen molar-refractivity contribution in [3.8, 4) is 44.5 Å². The Morgan fingerprint density at radius 1 is 0.295 bits per heavy atom. The molecule has 1 nitrogen and oxygen atoms in total. The van der Waals surface area contributed by atoms with Crippen LogP contribution < -0.4 is 4.90 Å². The fraction of sp³-hybridized carbons (Fsp3) is 0. The van der Waals surface area contributed by atoms with Crippen molar-refractivity contribution >= 4 is 90.9 Å². The lowest BCUT2D eigenvalue weighted by Gasteiger charge is -2.29. The van der Waals surface area contributed by atoms with Crippen LogP contribution in [0.4, 0.5) is 17.1 Å². The van der Waals surface area contributed by atoms with Gasteiger partial charge in [0.05, 0.1) is 5.69 Å². The van der Waals surface area contributed by atoms with Crippen molar-refractivity contribution in [1.29, 1.82) is 0 Å². The second kappa shape index (κ2) is 14.8. The Kier molecular flexibility index (Phi) is 8.62. The van der Waals surface area contributed by atoms with Crippen molar-refractivity contribution in [3.05, 3.63) is 224 Å². The average Bonchev–Trinajstić information content (AvgIpc) is 3.91. The van der Waals surface area contributed by atoms with Gasteiger partial charge in [-0.05, 0) is 98.2 Å². The van der Waals surface area contributed by atoms with Crippen molar-refractivity contribution in [1.82, 2.24) is 0 Å². The summed E-state index contributed by atoms with van der Waals surface area (Å²) in [7, 11) is 0.